The predicted molar refractivity (Wildman–Crippen MR) is 121 cm³/mol. The normalized spacial score (nSPS) is 22.7. The molecule has 2 aromatic rings. The molecular formula is C25H28N2O6. The minimum atomic E-state index is -1.20. The number of rotatable bonds is 7. The van der Waals surface area contributed by atoms with Crippen molar-refractivity contribution < 1.29 is 29.6 Å². The molecule has 2 aromatic carbocycles. The molecule has 4 atom stereocenters. The summed E-state index contributed by atoms with van der Waals surface area (Å²) in [5.74, 6) is -0.620. The lowest BCUT2D eigenvalue weighted by molar-refractivity contribution is -0.126. The van der Waals surface area contributed by atoms with E-state index in [1.54, 1.807) is 12.1 Å². The molecule has 0 unspecified atom stereocenters. The molecule has 8 heteroatoms. The summed E-state index contributed by atoms with van der Waals surface area (Å²) in [7, 11) is 0. The van der Waals surface area contributed by atoms with Gasteiger partial charge in [0.05, 0.1) is 6.10 Å². The van der Waals surface area contributed by atoms with Gasteiger partial charge in [-0.15, -0.1) is 0 Å². The van der Waals surface area contributed by atoms with E-state index in [0.29, 0.717) is 11.3 Å². The SMILES string of the molecule is NC(=O)[C@H](Cc1ccc(O)cc1)NC(=O)C1=C[C@@H](Oc2ccc3c(c2)CCC3)[C@H](O)[C@H](O)C1. The minimum Gasteiger partial charge on any atom is -0.508 e. The molecule has 2 amide bonds. The van der Waals surface area contributed by atoms with Gasteiger partial charge in [0.1, 0.15) is 29.7 Å². The van der Waals surface area contributed by atoms with Crippen molar-refractivity contribution in [1.29, 1.82) is 0 Å². The van der Waals surface area contributed by atoms with Crippen molar-refractivity contribution in [3.05, 3.63) is 70.8 Å². The Morgan fingerprint density at radius 1 is 1.09 bits per heavy atom. The second-order valence-electron chi connectivity index (χ2n) is 8.62. The van der Waals surface area contributed by atoms with Crippen LogP contribution in [0.25, 0.3) is 0 Å². The molecule has 0 fully saturated rings. The number of amides is 2. The van der Waals surface area contributed by atoms with Crippen LogP contribution in [0.5, 0.6) is 11.5 Å². The van der Waals surface area contributed by atoms with E-state index in [-0.39, 0.29) is 24.2 Å². The smallest absolute Gasteiger partial charge is 0.247 e. The summed E-state index contributed by atoms with van der Waals surface area (Å²) < 4.78 is 5.92. The highest BCUT2D eigenvalue weighted by atomic mass is 16.5. The number of nitrogens with two attached hydrogens (primary N) is 1. The third kappa shape index (κ3) is 5.35. The van der Waals surface area contributed by atoms with Crippen molar-refractivity contribution in [3.63, 3.8) is 0 Å². The van der Waals surface area contributed by atoms with Crippen molar-refractivity contribution in [3.8, 4) is 11.5 Å². The molecule has 4 rings (SSSR count). The van der Waals surface area contributed by atoms with E-state index in [4.69, 9.17) is 10.5 Å². The first-order valence-electron chi connectivity index (χ1n) is 11.0. The van der Waals surface area contributed by atoms with Gasteiger partial charge in [-0.3, -0.25) is 9.59 Å². The highest BCUT2D eigenvalue weighted by Gasteiger charge is 2.35. The molecule has 0 radical (unpaired) electrons. The minimum absolute atomic E-state index is 0.0816. The quantitative estimate of drug-likeness (QED) is 0.422. The van der Waals surface area contributed by atoms with Crippen LogP contribution in [0, 0.1) is 0 Å². The number of benzene rings is 2. The van der Waals surface area contributed by atoms with Crippen molar-refractivity contribution in [2.45, 2.75) is 56.5 Å². The number of phenolic OH excluding ortho intramolecular Hbond substituents is 1. The maximum Gasteiger partial charge on any atom is 0.247 e. The average molecular weight is 453 g/mol. The van der Waals surface area contributed by atoms with Gasteiger partial charge in [-0.2, -0.15) is 0 Å². The predicted octanol–water partition coefficient (Wildman–Crippen LogP) is 0.893. The highest BCUT2D eigenvalue weighted by molar-refractivity contribution is 5.97. The number of nitrogens with one attached hydrogen (secondary N) is 1. The molecule has 6 N–H and O–H groups in total. The lowest BCUT2D eigenvalue weighted by Crippen LogP contribution is -2.49. The molecule has 33 heavy (non-hydrogen) atoms. The Hall–Kier alpha value is -3.36. The van der Waals surface area contributed by atoms with E-state index in [2.05, 4.69) is 5.32 Å². The van der Waals surface area contributed by atoms with Gasteiger partial charge in [-0.1, -0.05) is 18.2 Å². The number of aliphatic hydroxyl groups excluding tert-OH is 2. The largest absolute Gasteiger partial charge is 0.508 e. The molecule has 2 aliphatic carbocycles. The second-order valence-corrected chi connectivity index (χ2v) is 8.62. The van der Waals surface area contributed by atoms with Gasteiger partial charge in [0.15, 0.2) is 0 Å². The third-order valence-corrected chi connectivity index (χ3v) is 6.18. The average Bonchev–Trinajstić information content (AvgIpc) is 3.25. The number of aromatic hydroxyl groups is 1. The zero-order valence-electron chi connectivity index (χ0n) is 18.1. The second kappa shape index (κ2) is 9.64. The number of fused-ring (bicyclic) bond motifs is 1. The van der Waals surface area contributed by atoms with Gasteiger partial charge in [0.25, 0.3) is 0 Å². The van der Waals surface area contributed by atoms with Crippen LogP contribution < -0.4 is 15.8 Å². The van der Waals surface area contributed by atoms with Gasteiger partial charge in [-0.25, -0.2) is 0 Å². The van der Waals surface area contributed by atoms with E-state index in [1.807, 2.05) is 18.2 Å². The van der Waals surface area contributed by atoms with Crippen molar-refractivity contribution in [2.24, 2.45) is 5.73 Å². The number of aliphatic hydroxyl groups is 2. The van der Waals surface area contributed by atoms with Crippen LogP contribution in [-0.2, 0) is 28.9 Å². The number of aryl methyl sites for hydroxylation is 2. The van der Waals surface area contributed by atoms with Crippen molar-refractivity contribution in [1.82, 2.24) is 5.32 Å². The zero-order valence-corrected chi connectivity index (χ0v) is 18.1. The first kappa shape index (κ1) is 22.8. The Labute approximate surface area is 191 Å². The number of primary amides is 1. The van der Waals surface area contributed by atoms with E-state index < -0.39 is 36.2 Å². The fourth-order valence-corrected chi connectivity index (χ4v) is 4.32. The van der Waals surface area contributed by atoms with Crippen molar-refractivity contribution >= 4 is 11.8 Å². The van der Waals surface area contributed by atoms with Gasteiger partial charge in [0, 0.05) is 18.4 Å². The van der Waals surface area contributed by atoms with Gasteiger partial charge >= 0.3 is 0 Å². The summed E-state index contributed by atoms with van der Waals surface area (Å²) in [5.41, 5.74) is 8.89. The van der Waals surface area contributed by atoms with Crippen LogP contribution in [0.4, 0.5) is 0 Å². The lowest BCUT2D eigenvalue weighted by Gasteiger charge is -2.31. The van der Waals surface area contributed by atoms with Crippen LogP contribution in [-0.4, -0.2) is 51.5 Å². The Kier molecular flexibility index (Phi) is 6.67. The molecule has 174 valence electrons. The Bertz CT molecular complexity index is 1070. The van der Waals surface area contributed by atoms with Crippen molar-refractivity contribution in [2.75, 3.05) is 0 Å². The fraction of sp³-hybridized carbons (Fsp3) is 0.360. The molecule has 0 aromatic heterocycles. The zero-order chi connectivity index (χ0) is 23.5. The fourth-order valence-electron chi connectivity index (χ4n) is 4.32. The molecular weight excluding hydrogens is 424 g/mol. The monoisotopic (exact) mass is 452 g/mol. The topological polar surface area (TPSA) is 142 Å². The maximum absolute atomic E-state index is 12.9. The van der Waals surface area contributed by atoms with Crippen LogP contribution in [0.1, 0.15) is 29.5 Å². The Morgan fingerprint density at radius 3 is 2.55 bits per heavy atom. The Balaban J connectivity index is 1.47. The van der Waals surface area contributed by atoms with Gasteiger partial charge in [0.2, 0.25) is 11.8 Å². The summed E-state index contributed by atoms with van der Waals surface area (Å²) in [6.07, 6.45) is 1.35. The number of ether oxygens (including phenoxy) is 1. The number of phenols is 1. The summed E-state index contributed by atoms with van der Waals surface area (Å²) in [6.45, 7) is 0. The molecule has 0 bridgehead atoms. The number of hydrogen-bond acceptors (Lipinski definition) is 6. The van der Waals surface area contributed by atoms with Crippen LogP contribution in [0.2, 0.25) is 0 Å². The van der Waals surface area contributed by atoms with Crippen LogP contribution in [0.15, 0.2) is 54.1 Å². The Morgan fingerprint density at radius 2 is 1.82 bits per heavy atom. The maximum atomic E-state index is 12.9. The van der Waals surface area contributed by atoms with Crippen LogP contribution >= 0.6 is 0 Å². The van der Waals surface area contributed by atoms with E-state index in [1.165, 1.54) is 29.3 Å². The molecule has 2 aliphatic rings. The standard InChI is InChI=1S/C25H28N2O6/c26-24(31)20(10-14-4-7-18(28)8-5-14)27-25(32)17-12-21(29)23(30)22(13-17)33-19-9-6-15-2-1-3-16(15)11-19/h4-9,11,13,20-23,28-30H,1-3,10,12H2,(H2,26,31)(H,27,32)/t20-,21+,22+,23+/m0/s1. The molecule has 0 saturated heterocycles. The van der Waals surface area contributed by atoms with E-state index >= 15 is 0 Å². The summed E-state index contributed by atoms with van der Waals surface area (Å²) in [5, 5.41) is 32.8. The number of carbonyl (C=O) groups excluding carboxylic acids is 2. The molecule has 0 saturated carbocycles. The lowest BCUT2D eigenvalue weighted by atomic mass is 9.91. The highest BCUT2D eigenvalue weighted by Crippen LogP contribution is 2.29. The summed E-state index contributed by atoms with van der Waals surface area (Å²) in [4.78, 5) is 24.8. The number of carbonyl (C=O) groups is 2. The molecule has 0 aliphatic heterocycles. The molecule has 0 spiro atoms. The number of hydrogen-bond donors (Lipinski definition) is 5. The first-order chi connectivity index (χ1) is 15.8. The first-order valence-corrected chi connectivity index (χ1v) is 11.0. The van der Waals surface area contributed by atoms with Crippen LogP contribution in [0.3, 0.4) is 0 Å². The van der Waals surface area contributed by atoms with E-state index in [9.17, 15) is 24.9 Å². The summed E-state index contributed by atoms with van der Waals surface area (Å²) in [6, 6.07) is 11.0. The summed E-state index contributed by atoms with van der Waals surface area (Å²) >= 11 is 0. The molecule has 8 nitrogen and oxygen atoms in total. The van der Waals surface area contributed by atoms with Gasteiger partial charge < -0.3 is 31.1 Å². The van der Waals surface area contributed by atoms with Gasteiger partial charge in [-0.05, 0) is 66.3 Å². The molecule has 0 heterocycles. The van der Waals surface area contributed by atoms with E-state index in [0.717, 1.165) is 19.3 Å². The third-order valence-electron chi connectivity index (χ3n) is 6.18.